The number of piperazine rings is 4. The number of nitro benzene ring substituents is 4. The average molecular weight is 2190 g/mol. The number of nitro groups is 4. The molecule has 4 aromatic carbocycles. The third-order valence-corrected chi connectivity index (χ3v) is 33.6. The quantitative estimate of drug-likeness (QED) is 0.0198. The molecular formula is C90H128N20O28S8. The summed E-state index contributed by atoms with van der Waals surface area (Å²) in [5, 5.41) is 46.4. The fourth-order valence-electron chi connectivity index (χ4n) is 17.1. The molecule has 804 valence electrons. The SMILES string of the molecule is CCCN(CCOS(C)(=O)=O)c1c(C)cc([N+](=O)[O-])cc1S(=O)(=O)N1CCN(Cc2ccccn2)CC1.CCCN(CCOS(C)(=O)=O)c1c(C)cc([N+](=O)[O-])cc1S(=O)(=O)N1CCN(Cc2cccnc2)CC1.CCCN(CCOS(C)(=O)=O)c1c(C)cc([N+](=O)[O-])cc1S(=O)(=O)N1CCN(c2ccccn2)CC1.CCCN(CCOS(C)(=O)=O)c1c(C)cc([N+](=O)[O-])cc1S(=O)(=O)N1CCN(c2cccnc2)CC1. The Morgan fingerprint density at radius 2 is 0.610 bits per heavy atom. The van der Waals surface area contributed by atoms with Crippen LogP contribution in [0.2, 0.25) is 0 Å². The van der Waals surface area contributed by atoms with Crippen LogP contribution in [0.25, 0.3) is 0 Å². The predicted octanol–water partition coefficient (Wildman–Crippen LogP) is 8.00. The summed E-state index contributed by atoms with van der Waals surface area (Å²) in [6.45, 7) is 22.0. The van der Waals surface area contributed by atoms with Crippen molar-refractivity contribution in [3.63, 3.8) is 0 Å². The molecule has 0 bridgehead atoms. The molecule has 12 rings (SSSR count). The van der Waals surface area contributed by atoms with Crippen molar-refractivity contribution in [1.29, 1.82) is 0 Å². The van der Waals surface area contributed by atoms with E-state index in [9.17, 15) is 108 Å². The van der Waals surface area contributed by atoms with Gasteiger partial charge in [-0.15, -0.1) is 0 Å². The Morgan fingerprint density at radius 1 is 0.322 bits per heavy atom. The van der Waals surface area contributed by atoms with Gasteiger partial charge in [0.2, 0.25) is 40.1 Å². The Labute approximate surface area is 854 Å². The van der Waals surface area contributed by atoms with Crippen LogP contribution in [-0.4, -0.2) is 343 Å². The summed E-state index contributed by atoms with van der Waals surface area (Å²) >= 11 is 0. The second kappa shape index (κ2) is 53.3. The van der Waals surface area contributed by atoms with Crippen molar-refractivity contribution in [3.05, 3.63) is 220 Å². The van der Waals surface area contributed by atoms with E-state index in [1.807, 2.05) is 92.1 Å². The Bertz CT molecular complexity index is 6360. The lowest BCUT2D eigenvalue weighted by Gasteiger charge is -2.36. The Balaban J connectivity index is 0.000000217. The molecule has 0 radical (unpaired) electrons. The average Bonchev–Trinajstić information content (AvgIpc) is 0.769. The summed E-state index contributed by atoms with van der Waals surface area (Å²) in [5.41, 5.74) is 4.42. The van der Waals surface area contributed by atoms with E-state index in [1.54, 1.807) is 90.5 Å². The molecule has 0 unspecified atom stereocenters. The second-order valence-corrected chi connectivity index (χ2v) is 48.9. The molecule has 8 aromatic rings. The van der Waals surface area contributed by atoms with Crippen molar-refractivity contribution < 1.29 is 104 Å². The van der Waals surface area contributed by atoms with Gasteiger partial charge in [-0.05, 0) is 124 Å². The molecule has 0 aliphatic carbocycles. The van der Waals surface area contributed by atoms with Gasteiger partial charge in [0, 0.05) is 250 Å². The highest BCUT2D eigenvalue weighted by Crippen LogP contribution is 2.42. The van der Waals surface area contributed by atoms with Gasteiger partial charge < -0.3 is 29.4 Å². The first kappa shape index (κ1) is 119. The first-order chi connectivity index (χ1) is 68.7. The zero-order valence-corrected chi connectivity index (χ0v) is 90.1. The van der Waals surface area contributed by atoms with Crippen LogP contribution in [0.5, 0.6) is 0 Å². The number of hydrogen-bond donors (Lipinski definition) is 0. The van der Waals surface area contributed by atoms with E-state index in [2.05, 4.69) is 29.7 Å². The standard InChI is InChI=1S/2C23H33N5O7S2.2C22H31N5O7S2/c1-4-9-26(14-15-35-36(3,31)32)23-19(2)16-21(28(29)30)17-22(23)37(33,34)27-12-10-25(11-13-27)18-20-7-5-6-8-24-20;1-4-8-26(13-14-35-36(3,31)32)23-19(2)15-21(28(29)30)16-22(23)37(33,34)27-11-9-25(10-12-27)18-20-6-5-7-24-17-20;1-4-9-25(14-15-34-35(3,30)31)22-18(2)16-19(27(28)29)17-20(22)36(32,33)26-12-10-24(11-13-26)21-7-5-6-8-23-21;1-4-8-25(13-14-34-35(3,30)31)22-18(2)15-20(27(28)29)16-21(22)36(32,33)26-11-9-24(10-12-26)19-6-5-7-23-17-19/h5-8,16-17H,4,9-15,18H2,1-3H3;5-7,15-17H,4,8-14,18H2,1-3H3;5-8,16-17H,4,9-15H2,1-3H3;5-7,15-17H,4,8-14H2,1-3H3. The van der Waals surface area contributed by atoms with E-state index in [-0.39, 0.29) is 147 Å². The van der Waals surface area contributed by atoms with Crippen LogP contribution in [0.15, 0.2) is 166 Å². The molecule has 0 spiro atoms. The van der Waals surface area contributed by atoms with Gasteiger partial charge in [-0.25, -0.2) is 38.7 Å². The Hall–Kier alpha value is -10.9. The number of hydrogen-bond acceptors (Lipinski definition) is 40. The van der Waals surface area contributed by atoms with E-state index in [1.165, 1.54) is 41.5 Å². The maximum atomic E-state index is 13.9. The van der Waals surface area contributed by atoms with Gasteiger partial charge >= 0.3 is 0 Å². The van der Waals surface area contributed by atoms with Gasteiger partial charge in [0.25, 0.3) is 63.2 Å². The predicted molar refractivity (Wildman–Crippen MR) is 551 cm³/mol. The van der Waals surface area contributed by atoms with Gasteiger partial charge in [0.05, 0.1) is 111 Å². The maximum Gasteiger partial charge on any atom is 0.271 e. The minimum Gasteiger partial charge on any atom is -0.368 e. The zero-order chi connectivity index (χ0) is 107. The van der Waals surface area contributed by atoms with E-state index in [0.29, 0.717) is 162 Å². The lowest BCUT2D eigenvalue weighted by atomic mass is 10.1. The number of non-ortho nitro benzene ring substituents is 4. The lowest BCUT2D eigenvalue weighted by Crippen LogP contribution is -2.49. The molecule has 4 aliphatic rings. The fourth-order valence-corrected chi connectivity index (χ4v) is 25.5. The molecule has 48 nitrogen and oxygen atoms in total. The van der Waals surface area contributed by atoms with Crippen LogP contribution in [0, 0.1) is 68.2 Å². The molecule has 0 atom stereocenters. The number of rotatable bonds is 46. The normalized spacial score (nSPS) is 15.3. The van der Waals surface area contributed by atoms with Crippen molar-refractivity contribution in [2.45, 2.75) is 114 Å². The van der Waals surface area contributed by atoms with Crippen molar-refractivity contribution in [2.24, 2.45) is 0 Å². The molecule has 4 aliphatic heterocycles. The molecule has 0 amide bonds. The highest BCUT2D eigenvalue weighted by Gasteiger charge is 2.41. The summed E-state index contributed by atoms with van der Waals surface area (Å²) in [6.07, 6.45) is 16.6. The van der Waals surface area contributed by atoms with Crippen LogP contribution in [0.4, 0.5) is 57.0 Å². The lowest BCUT2D eigenvalue weighted by molar-refractivity contribution is -0.385. The first-order valence-electron chi connectivity index (χ1n) is 46.8. The molecule has 8 heterocycles. The summed E-state index contributed by atoms with van der Waals surface area (Å²) < 4.78 is 227. The monoisotopic (exact) mass is 2190 g/mol. The van der Waals surface area contributed by atoms with Crippen LogP contribution in [-0.2, 0) is 110 Å². The zero-order valence-electron chi connectivity index (χ0n) is 83.5. The highest BCUT2D eigenvalue weighted by atomic mass is 32.2. The van der Waals surface area contributed by atoms with E-state index >= 15 is 0 Å². The second-order valence-electron chi connectivity index (χ2n) is 34.7. The van der Waals surface area contributed by atoms with Crippen molar-refractivity contribution in [3.8, 4) is 0 Å². The van der Waals surface area contributed by atoms with Gasteiger partial charge in [0.15, 0.2) is 0 Å². The van der Waals surface area contributed by atoms with Gasteiger partial charge in [-0.2, -0.15) is 50.9 Å². The number of benzene rings is 4. The number of nitrogens with zero attached hydrogens (tertiary/aromatic N) is 20. The number of anilines is 6. The summed E-state index contributed by atoms with van der Waals surface area (Å²) in [5.74, 6) is 0.751. The maximum absolute atomic E-state index is 13.9. The summed E-state index contributed by atoms with van der Waals surface area (Å²) in [6, 6.07) is 28.4. The van der Waals surface area contributed by atoms with E-state index in [0.717, 1.165) is 72.1 Å². The van der Waals surface area contributed by atoms with Crippen LogP contribution < -0.4 is 29.4 Å². The summed E-state index contributed by atoms with van der Waals surface area (Å²) in [4.78, 5) is 75.2. The van der Waals surface area contributed by atoms with Gasteiger partial charge in [-0.3, -0.25) is 81.9 Å². The molecule has 4 saturated heterocycles. The summed E-state index contributed by atoms with van der Waals surface area (Å²) in [7, 11) is -31.1. The Morgan fingerprint density at radius 3 is 0.870 bits per heavy atom. The minimum atomic E-state index is -4.11. The molecule has 4 fully saturated rings. The third-order valence-electron chi connectivity index (χ3n) is 23.6. The van der Waals surface area contributed by atoms with Crippen LogP contribution >= 0.6 is 0 Å². The fraction of sp³-hybridized carbons (Fsp3) is 0.511. The number of sulfonamides is 4. The van der Waals surface area contributed by atoms with Crippen LogP contribution in [0.3, 0.4) is 0 Å². The van der Waals surface area contributed by atoms with Crippen LogP contribution in [0.1, 0.15) is 86.9 Å². The minimum absolute atomic E-state index is 0.0928. The van der Waals surface area contributed by atoms with Crippen molar-refractivity contribution >= 4 is 138 Å². The molecule has 0 N–H and O–H groups in total. The number of pyridine rings is 4. The van der Waals surface area contributed by atoms with Gasteiger partial charge in [0.1, 0.15) is 25.4 Å². The molecular weight excluding hydrogens is 2070 g/mol. The third kappa shape index (κ3) is 34.1. The molecule has 146 heavy (non-hydrogen) atoms. The number of aryl methyl sites for hydroxylation is 4. The van der Waals surface area contributed by atoms with Crippen molar-refractivity contribution in [1.82, 2.24) is 47.0 Å². The largest absolute Gasteiger partial charge is 0.368 e. The molecule has 0 saturated carbocycles. The van der Waals surface area contributed by atoms with E-state index < -0.39 is 100 Å². The highest BCUT2D eigenvalue weighted by molar-refractivity contribution is 7.90. The smallest absolute Gasteiger partial charge is 0.271 e. The van der Waals surface area contributed by atoms with E-state index in [4.69, 9.17) is 16.7 Å². The van der Waals surface area contributed by atoms with Gasteiger partial charge in [-0.1, -0.05) is 45.9 Å². The van der Waals surface area contributed by atoms with Crippen molar-refractivity contribution in [2.75, 3.05) is 238 Å². The molecule has 56 heteroatoms. The topological polar surface area (TPSA) is 573 Å². The Kier molecular flexibility index (Phi) is 43.3. The number of aromatic nitrogens is 4. The first-order valence-corrected chi connectivity index (χ1v) is 59.8. The molecule has 4 aromatic heterocycles.